The molecule has 126 valence electrons. The molecule has 3 heterocycles. The first kappa shape index (κ1) is 16.6. The molecule has 3 saturated heterocycles. The van der Waals surface area contributed by atoms with Gasteiger partial charge in [-0.25, -0.2) is 0 Å². The first-order valence-corrected chi connectivity index (χ1v) is 9.35. The number of nitrogens with zero attached hydrogens (tertiary/aromatic N) is 1. The van der Waals surface area contributed by atoms with E-state index in [2.05, 4.69) is 10.2 Å². The van der Waals surface area contributed by atoms with Gasteiger partial charge in [0.05, 0.1) is 0 Å². The zero-order chi connectivity index (χ0) is 14.2. The Labute approximate surface area is 141 Å². The van der Waals surface area contributed by atoms with Crippen molar-refractivity contribution in [3.05, 3.63) is 0 Å². The molecule has 3 aliphatic heterocycles. The van der Waals surface area contributed by atoms with Gasteiger partial charge in [0.2, 0.25) is 5.91 Å². The molecule has 0 unspecified atom stereocenters. The molecule has 1 aliphatic carbocycles. The van der Waals surface area contributed by atoms with Crippen LogP contribution in [0.15, 0.2) is 0 Å². The van der Waals surface area contributed by atoms with E-state index in [1.807, 2.05) is 0 Å². The molecule has 3 nitrogen and oxygen atoms in total. The van der Waals surface area contributed by atoms with E-state index in [9.17, 15) is 4.79 Å². The normalized spacial score (nSPS) is 39.1. The Balaban J connectivity index is 0.00000144. The second-order valence-corrected chi connectivity index (χ2v) is 7.98. The number of carbonyl (C=O) groups is 1. The van der Waals surface area contributed by atoms with E-state index in [1.54, 1.807) is 0 Å². The molecular weight excluding hydrogens is 296 g/mol. The summed E-state index contributed by atoms with van der Waals surface area (Å²) in [6.07, 6.45) is 12.9. The van der Waals surface area contributed by atoms with Crippen molar-refractivity contribution in [1.29, 1.82) is 0 Å². The zero-order valence-electron chi connectivity index (χ0n) is 13.6. The van der Waals surface area contributed by atoms with Gasteiger partial charge in [-0.2, -0.15) is 0 Å². The van der Waals surface area contributed by atoms with Crippen molar-refractivity contribution >= 4 is 18.3 Å². The predicted octanol–water partition coefficient (Wildman–Crippen LogP) is 3.37. The lowest BCUT2D eigenvalue weighted by Crippen LogP contribution is -2.64. The van der Waals surface area contributed by atoms with Crippen LogP contribution in [0.25, 0.3) is 0 Å². The second kappa shape index (κ2) is 7.09. The Hall–Kier alpha value is -0.280. The van der Waals surface area contributed by atoms with Crippen molar-refractivity contribution in [3.8, 4) is 0 Å². The Morgan fingerprint density at radius 1 is 1.00 bits per heavy atom. The predicted molar refractivity (Wildman–Crippen MR) is 91.2 cm³/mol. The monoisotopic (exact) mass is 326 g/mol. The maximum absolute atomic E-state index is 12.6. The van der Waals surface area contributed by atoms with Crippen LogP contribution in [-0.2, 0) is 4.79 Å². The molecule has 0 radical (unpaired) electrons. The standard InChI is InChI=1S/C18H30N2O.ClH/c21-18-8-4-7-16-14-10-15(12-19-11-14)17(20(16)18)9-13-5-2-1-3-6-13;/h13-17,19H,1-12H2;1H/t14-,15+,16+,17+;/m1./s1. The third-order valence-corrected chi connectivity index (χ3v) is 6.70. The topological polar surface area (TPSA) is 32.3 Å². The number of halogens is 1. The van der Waals surface area contributed by atoms with E-state index in [0.717, 1.165) is 43.7 Å². The molecule has 4 fully saturated rings. The van der Waals surface area contributed by atoms with Crippen LogP contribution in [0.2, 0.25) is 0 Å². The van der Waals surface area contributed by atoms with Gasteiger partial charge >= 0.3 is 0 Å². The Kier molecular flexibility index (Phi) is 5.34. The van der Waals surface area contributed by atoms with E-state index in [0.29, 0.717) is 18.0 Å². The molecule has 0 aromatic rings. The van der Waals surface area contributed by atoms with Crippen molar-refractivity contribution < 1.29 is 4.79 Å². The highest BCUT2D eigenvalue weighted by Crippen LogP contribution is 2.42. The van der Waals surface area contributed by atoms with Crippen molar-refractivity contribution in [1.82, 2.24) is 10.2 Å². The van der Waals surface area contributed by atoms with E-state index >= 15 is 0 Å². The van der Waals surface area contributed by atoms with Crippen LogP contribution in [0.3, 0.4) is 0 Å². The largest absolute Gasteiger partial charge is 0.336 e. The lowest BCUT2D eigenvalue weighted by atomic mass is 9.70. The summed E-state index contributed by atoms with van der Waals surface area (Å²) in [6, 6.07) is 1.11. The van der Waals surface area contributed by atoms with Gasteiger partial charge in [-0.3, -0.25) is 4.79 Å². The molecule has 4 atom stereocenters. The number of piperidine rings is 3. The average Bonchev–Trinajstić information content (AvgIpc) is 2.53. The maximum Gasteiger partial charge on any atom is 0.223 e. The molecule has 4 aliphatic rings. The molecule has 22 heavy (non-hydrogen) atoms. The maximum atomic E-state index is 12.6. The first-order chi connectivity index (χ1) is 10.3. The van der Waals surface area contributed by atoms with Gasteiger partial charge in [-0.1, -0.05) is 32.1 Å². The number of amides is 1. The summed E-state index contributed by atoms with van der Waals surface area (Å²) in [4.78, 5) is 15.0. The summed E-state index contributed by atoms with van der Waals surface area (Å²) in [5.41, 5.74) is 0. The summed E-state index contributed by atoms with van der Waals surface area (Å²) in [5, 5.41) is 3.66. The highest BCUT2D eigenvalue weighted by Gasteiger charge is 2.47. The molecule has 0 aromatic carbocycles. The Morgan fingerprint density at radius 2 is 1.77 bits per heavy atom. The number of hydrogen-bond donors (Lipinski definition) is 1. The van der Waals surface area contributed by atoms with Gasteiger partial charge in [-0.05, 0) is 56.5 Å². The SMILES string of the molecule is Cl.O=C1CCC[C@H]2[C@H]3CNC[C@H](C3)[C@H](CC3CCCCC3)N12. The quantitative estimate of drug-likeness (QED) is 0.843. The number of carbonyl (C=O) groups excluding carboxylic acids is 1. The summed E-state index contributed by atoms with van der Waals surface area (Å²) in [7, 11) is 0. The third-order valence-electron chi connectivity index (χ3n) is 6.70. The smallest absolute Gasteiger partial charge is 0.223 e. The highest BCUT2D eigenvalue weighted by molar-refractivity contribution is 5.85. The lowest BCUT2D eigenvalue weighted by Gasteiger charge is -2.55. The van der Waals surface area contributed by atoms with Gasteiger partial charge in [0, 0.05) is 18.5 Å². The molecule has 0 spiro atoms. The van der Waals surface area contributed by atoms with Crippen molar-refractivity contribution in [2.75, 3.05) is 13.1 Å². The van der Waals surface area contributed by atoms with E-state index in [-0.39, 0.29) is 12.4 Å². The highest BCUT2D eigenvalue weighted by atomic mass is 35.5. The molecule has 2 bridgehead atoms. The fourth-order valence-corrected chi connectivity index (χ4v) is 5.70. The van der Waals surface area contributed by atoms with Crippen LogP contribution >= 0.6 is 12.4 Å². The fourth-order valence-electron chi connectivity index (χ4n) is 5.70. The van der Waals surface area contributed by atoms with Crippen LogP contribution in [0.5, 0.6) is 0 Å². The van der Waals surface area contributed by atoms with Crippen LogP contribution in [-0.4, -0.2) is 36.0 Å². The Bertz CT molecular complexity index is 397. The van der Waals surface area contributed by atoms with Gasteiger partial charge in [0.25, 0.3) is 0 Å². The molecule has 1 amide bonds. The average molecular weight is 327 g/mol. The zero-order valence-corrected chi connectivity index (χ0v) is 14.5. The number of hydrogen-bond acceptors (Lipinski definition) is 2. The summed E-state index contributed by atoms with van der Waals surface area (Å²) in [6.45, 7) is 2.28. The van der Waals surface area contributed by atoms with Crippen LogP contribution in [0.4, 0.5) is 0 Å². The van der Waals surface area contributed by atoms with Crippen molar-refractivity contribution in [2.45, 2.75) is 76.3 Å². The molecular formula is C18H31ClN2O. The molecule has 4 heteroatoms. The molecule has 0 aromatic heterocycles. The third kappa shape index (κ3) is 3.03. The minimum absolute atomic E-state index is 0. The van der Waals surface area contributed by atoms with Gasteiger partial charge in [0.15, 0.2) is 0 Å². The first-order valence-electron chi connectivity index (χ1n) is 9.35. The van der Waals surface area contributed by atoms with Crippen molar-refractivity contribution in [3.63, 3.8) is 0 Å². The van der Waals surface area contributed by atoms with Gasteiger partial charge < -0.3 is 10.2 Å². The van der Waals surface area contributed by atoms with Gasteiger partial charge in [0.1, 0.15) is 0 Å². The molecule has 1 saturated carbocycles. The summed E-state index contributed by atoms with van der Waals surface area (Å²) < 4.78 is 0. The molecule has 1 N–H and O–H groups in total. The molecule has 4 rings (SSSR count). The lowest BCUT2D eigenvalue weighted by molar-refractivity contribution is -0.150. The van der Waals surface area contributed by atoms with E-state index < -0.39 is 0 Å². The van der Waals surface area contributed by atoms with Gasteiger partial charge in [-0.15, -0.1) is 12.4 Å². The van der Waals surface area contributed by atoms with Crippen LogP contribution in [0, 0.1) is 17.8 Å². The van der Waals surface area contributed by atoms with Crippen LogP contribution in [0.1, 0.15) is 64.2 Å². The number of nitrogens with one attached hydrogen (secondary N) is 1. The fraction of sp³-hybridized carbons (Fsp3) is 0.944. The summed E-state index contributed by atoms with van der Waals surface area (Å²) in [5.74, 6) is 2.82. The van der Waals surface area contributed by atoms with E-state index in [4.69, 9.17) is 0 Å². The minimum Gasteiger partial charge on any atom is -0.336 e. The summed E-state index contributed by atoms with van der Waals surface area (Å²) >= 11 is 0. The van der Waals surface area contributed by atoms with Crippen LogP contribution < -0.4 is 5.32 Å². The Morgan fingerprint density at radius 3 is 2.59 bits per heavy atom. The number of rotatable bonds is 2. The number of fused-ring (bicyclic) bond motifs is 4. The second-order valence-electron chi connectivity index (χ2n) is 7.98. The van der Waals surface area contributed by atoms with E-state index in [1.165, 1.54) is 51.4 Å². The van der Waals surface area contributed by atoms with Crippen molar-refractivity contribution in [2.24, 2.45) is 17.8 Å². The minimum atomic E-state index is 0.